The van der Waals surface area contributed by atoms with E-state index in [1.54, 1.807) is 29.5 Å². The van der Waals surface area contributed by atoms with E-state index >= 15 is 0 Å². The van der Waals surface area contributed by atoms with Crippen LogP contribution < -0.4 is 9.47 Å². The molecular formula is C16H17ClO3S. The predicted octanol–water partition coefficient (Wildman–Crippen LogP) is 4.54. The van der Waals surface area contributed by atoms with Crippen LogP contribution >= 0.6 is 22.9 Å². The lowest BCUT2D eigenvalue weighted by atomic mass is 10.2. The number of halogens is 1. The minimum absolute atomic E-state index is 0.0179. The number of hydrogen-bond acceptors (Lipinski definition) is 4. The van der Waals surface area contributed by atoms with Crippen molar-refractivity contribution < 1.29 is 14.3 Å². The minimum atomic E-state index is -0.521. The number of carbonyl (C=O) groups is 1. The fraction of sp³-hybridized carbons (Fsp3) is 0.312. The van der Waals surface area contributed by atoms with Crippen LogP contribution in [0.2, 0.25) is 0 Å². The first-order valence-electron chi connectivity index (χ1n) is 6.70. The summed E-state index contributed by atoms with van der Waals surface area (Å²) in [4.78, 5) is 11.4. The number of carbonyl (C=O) groups excluding carboxylic acids is 1. The zero-order valence-corrected chi connectivity index (χ0v) is 13.5. The second-order valence-electron chi connectivity index (χ2n) is 4.86. The maximum absolute atomic E-state index is 11.4. The Bertz CT molecular complexity index is 594. The molecule has 0 radical (unpaired) electrons. The topological polar surface area (TPSA) is 35.5 Å². The van der Waals surface area contributed by atoms with Crippen LogP contribution in [0, 0.1) is 0 Å². The van der Waals surface area contributed by atoms with E-state index in [-0.39, 0.29) is 6.10 Å². The molecule has 0 aliphatic heterocycles. The molecule has 5 heteroatoms. The second kappa shape index (κ2) is 7.48. The first-order chi connectivity index (χ1) is 10.0. The Hall–Kier alpha value is -1.52. The van der Waals surface area contributed by atoms with Gasteiger partial charge in [0.2, 0.25) is 0 Å². The van der Waals surface area contributed by atoms with E-state index in [1.165, 1.54) is 5.56 Å². The van der Waals surface area contributed by atoms with E-state index in [0.29, 0.717) is 23.7 Å². The van der Waals surface area contributed by atoms with Gasteiger partial charge < -0.3 is 9.47 Å². The molecule has 1 aromatic carbocycles. The summed E-state index contributed by atoms with van der Waals surface area (Å²) in [5.41, 5.74) is 1.61. The molecule has 21 heavy (non-hydrogen) atoms. The van der Waals surface area contributed by atoms with Gasteiger partial charge in [-0.15, -0.1) is 0 Å². The van der Waals surface area contributed by atoms with Crippen molar-refractivity contribution in [3.8, 4) is 11.5 Å². The summed E-state index contributed by atoms with van der Waals surface area (Å²) in [6.45, 7) is 4.39. The zero-order chi connectivity index (χ0) is 15.2. The van der Waals surface area contributed by atoms with Crippen LogP contribution in [0.5, 0.6) is 11.5 Å². The van der Waals surface area contributed by atoms with Gasteiger partial charge in [0.15, 0.2) is 0 Å². The molecule has 112 valence electrons. The molecule has 1 aromatic heterocycles. The molecule has 1 heterocycles. The molecule has 0 aliphatic carbocycles. The molecule has 0 spiro atoms. The van der Waals surface area contributed by atoms with Gasteiger partial charge in [0.05, 0.1) is 12.7 Å². The number of thiophene rings is 1. The summed E-state index contributed by atoms with van der Waals surface area (Å²) in [7, 11) is 0. The van der Waals surface area contributed by atoms with Gasteiger partial charge >= 0.3 is 0 Å². The van der Waals surface area contributed by atoms with Crippen LogP contribution in [0.3, 0.4) is 0 Å². The van der Waals surface area contributed by atoms with E-state index in [0.717, 1.165) is 6.42 Å². The van der Waals surface area contributed by atoms with Crippen LogP contribution in [0.25, 0.3) is 0 Å². The predicted molar refractivity (Wildman–Crippen MR) is 85.9 cm³/mol. The maximum Gasteiger partial charge on any atom is 0.252 e. The maximum atomic E-state index is 11.4. The third-order valence-electron chi connectivity index (χ3n) is 2.72. The molecule has 0 amide bonds. The Morgan fingerprint density at radius 2 is 2.05 bits per heavy atom. The van der Waals surface area contributed by atoms with Crippen LogP contribution in [0.1, 0.15) is 29.8 Å². The van der Waals surface area contributed by atoms with Crippen LogP contribution in [-0.2, 0) is 6.42 Å². The zero-order valence-electron chi connectivity index (χ0n) is 12.0. The molecular weight excluding hydrogens is 308 g/mol. The van der Waals surface area contributed by atoms with Gasteiger partial charge in [-0.1, -0.05) is 0 Å². The summed E-state index contributed by atoms with van der Waals surface area (Å²) in [6, 6.07) is 7.11. The third-order valence-corrected chi connectivity index (χ3v) is 3.67. The molecule has 0 unspecified atom stereocenters. The standard InChI is InChI=1S/C16H17ClO3S/c1-11(2)20-15-8-13(16(17)18)7-14(9-15)19-5-3-12-4-6-21-10-12/h4,6-11H,3,5H2,1-2H3. The molecule has 0 saturated heterocycles. The molecule has 0 aliphatic rings. The second-order valence-corrected chi connectivity index (χ2v) is 5.99. The number of benzene rings is 1. The normalized spacial score (nSPS) is 10.7. The SMILES string of the molecule is CC(C)Oc1cc(OCCc2ccsc2)cc(C(=O)Cl)c1. The first kappa shape index (κ1) is 15.9. The van der Waals surface area contributed by atoms with Gasteiger partial charge in [-0.2, -0.15) is 11.3 Å². The quantitative estimate of drug-likeness (QED) is 0.702. The monoisotopic (exact) mass is 324 g/mol. The summed E-state index contributed by atoms with van der Waals surface area (Å²) in [6.07, 6.45) is 0.840. The van der Waals surface area contributed by atoms with E-state index in [9.17, 15) is 4.79 Å². The van der Waals surface area contributed by atoms with Crippen LogP contribution in [-0.4, -0.2) is 18.0 Å². The van der Waals surface area contributed by atoms with E-state index in [1.807, 2.05) is 19.2 Å². The number of hydrogen-bond donors (Lipinski definition) is 0. The van der Waals surface area contributed by atoms with Gasteiger partial charge in [0.1, 0.15) is 11.5 Å². The Morgan fingerprint density at radius 3 is 2.67 bits per heavy atom. The number of rotatable bonds is 7. The first-order valence-corrected chi connectivity index (χ1v) is 8.02. The smallest absolute Gasteiger partial charge is 0.252 e. The van der Waals surface area contributed by atoms with Crippen molar-refractivity contribution in [2.75, 3.05) is 6.61 Å². The summed E-state index contributed by atoms with van der Waals surface area (Å²) < 4.78 is 11.3. The Labute approximate surface area is 133 Å². The highest BCUT2D eigenvalue weighted by Crippen LogP contribution is 2.25. The molecule has 3 nitrogen and oxygen atoms in total. The highest BCUT2D eigenvalue weighted by Gasteiger charge is 2.09. The average Bonchev–Trinajstić information content (AvgIpc) is 2.90. The van der Waals surface area contributed by atoms with Crippen molar-refractivity contribution >= 4 is 28.2 Å². The molecule has 0 N–H and O–H groups in total. The molecule has 2 rings (SSSR count). The fourth-order valence-corrected chi connectivity index (χ4v) is 2.64. The van der Waals surface area contributed by atoms with E-state index in [2.05, 4.69) is 11.4 Å². The van der Waals surface area contributed by atoms with Gasteiger partial charge in [0, 0.05) is 18.1 Å². The Balaban J connectivity index is 2.06. The highest BCUT2D eigenvalue weighted by atomic mass is 35.5. The van der Waals surface area contributed by atoms with E-state index < -0.39 is 5.24 Å². The lowest BCUT2D eigenvalue weighted by Crippen LogP contribution is -2.07. The van der Waals surface area contributed by atoms with Gasteiger partial charge in [0.25, 0.3) is 5.24 Å². The summed E-state index contributed by atoms with van der Waals surface area (Å²) in [5.74, 6) is 1.18. The minimum Gasteiger partial charge on any atom is -0.493 e. The highest BCUT2D eigenvalue weighted by molar-refractivity contribution is 7.07. The van der Waals surface area contributed by atoms with Crippen LogP contribution in [0.15, 0.2) is 35.0 Å². The third kappa shape index (κ3) is 5.06. The molecule has 0 fully saturated rings. The Morgan fingerprint density at radius 1 is 1.29 bits per heavy atom. The van der Waals surface area contributed by atoms with Gasteiger partial charge in [-0.25, -0.2) is 0 Å². The number of ether oxygens (including phenoxy) is 2. The summed E-state index contributed by atoms with van der Waals surface area (Å²) in [5, 5.41) is 3.61. The van der Waals surface area contributed by atoms with Gasteiger partial charge in [-0.3, -0.25) is 4.79 Å². The lowest BCUT2D eigenvalue weighted by Gasteiger charge is -2.13. The van der Waals surface area contributed by atoms with Crippen molar-refractivity contribution in [3.05, 3.63) is 46.2 Å². The average molecular weight is 325 g/mol. The Kier molecular flexibility index (Phi) is 5.65. The molecule has 0 bridgehead atoms. The molecule has 0 atom stereocenters. The molecule has 0 saturated carbocycles. The van der Waals surface area contributed by atoms with Crippen molar-refractivity contribution in [2.24, 2.45) is 0 Å². The lowest BCUT2D eigenvalue weighted by molar-refractivity contribution is 0.108. The summed E-state index contributed by atoms with van der Waals surface area (Å²) >= 11 is 7.21. The van der Waals surface area contributed by atoms with Crippen LogP contribution in [0.4, 0.5) is 0 Å². The van der Waals surface area contributed by atoms with Crippen molar-refractivity contribution in [3.63, 3.8) is 0 Å². The largest absolute Gasteiger partial charge is 0.493 e. The van der Waals surface area contributed by atoms with Gasteiger partial charge in [-0.05, 0) is 60.0 Å². The molecule has 2 aromatic rings. The van der Waals surface area contributed by atoms with E-state index in [4.69, 9.17) is 21.1 Å². The van der Waals surface area contributed by atoms with Crippen molar-refractivity contribution in [2.45, 2.75) is 26.4 Å². The van der Waals surface area contributed by atoms with Crippen molar-refractivity contribution in [1.29, 1.82) is 0 Å². The fourth-order valence-electron chi connectivity index (χ4n) is 1.83. The van der Waals surface area contributed by atoms with Crippen molar-refractivity contribution in [1.82, 2.24) is 0 Å².